The van der Waals surface area contributed by atoms with Crippen molar-refractivity contribution >= 4 is 0 Å². The molecule has 6 atom stereocenters. The highest BCUT2D eigenvalue weighted by atomic mass is 16.3. The molecular formula is C13H22O2. The lowest BCUT2D eigenvalue weighted by atomic mass is 9.71. The Balaban J connectivity index is 1.63. The lowest BCUT2D eigenvalue weighted by molar-refractivity contribution is -0.0392. The maximum absolute atomic E-state index is 9.73. The Bertz CT molecular complexity index is 241. The second-order valence-electron chi connectivity index (χ2n) is 6.05. The minimum Gasteiger partial charge on any atom is -0.390 e. The van der Waals surface area contributed by atoms with E-state index in [1.165, 1.54) is 25.7 Å². The molecule has 2 bridgehead atoms. The summed E-state index contributed by atoms with van der Waals surface area (Å²) in [6.07, 6.45) is 7.70. The van der Waals surface area contributed by atoms with Gasteiger partial charge in [-0.3, -0.25) is 0 Å². The quantitative estimate of drug-likeness (QED) is 0.694. The van der Waals surface area contributed by atoms with Crippen LogP contribution in [0.4, 0.5) is 0 Å². The van der Waals surface area contributed by atoms with Crippen molar-refractivity contribution in [1.82, 2.24) is 0 Å². The highest BCUT2D eigenvalue weighted by Gasteiger charge is 2.44. The van der Waals surface area contributed by atoms with Crippen molar-refractivity contribution in [3.05, 3.63) is 0 Å². The predicted octanol–water partition coefficient (Wildman–Crippen LogP) is 1.94. The second-order valence-corrected chi connectivity index (χ2v) is 6.05. The van der Waals surface area contributed by atoms with Crippen LogP contribution in [0.25, 0.3) is 0 Å². The van der Waals surface area contributed by atoms with Crippen LogP contribution in [0.2, 0.25) is 0 Å². The first-order valence-electron chi connectivity index (χ1n) is 6.60. The Hall–Kier alpha value is -0.0800. The summed E-state index contributed by atoms with van der Waals surface area (Å²) in [5.41, 5.74) is 0. The Labute approximate surface area is 91.7 Å². The van der Waals surface area contributed by atoms with E-state index in [2.05, 4.69) is 0 Å². The van der Waals surface area contributed by atoms with Crippen LogP contribution in [-0.4, -0.2) is 22.4 Å². The molecule has 2 N–H and O–H groups in total. The van der Waals surface area contributed by atoms with Gasteiger partial charge in [0.15, 0.2) is 0 Å². The first-order valence-corrected chi connectivity index (χ1v) is 6.60. The van der Waals surface area contributed by atoms with Gasteiger partial charge in [0, 0.05) is 0 Å². The van der Waals surface area contributed by atoms with Crippen LogP contribution < -0.4 is 0 Å². The van der Waals surface area contributed by atoms with Crippen LogP contribution >= 0.6 is 0 Å². The Morgan fingerprint density at radius 1 is 0.667 bits per heavy atom. The molecule has 3 rings (SSSR count). The lowest BCUT2D eigenvalue weighted by Gasteiger charge is -2.37. The molecule has 0 amide bonds. The highest BCUT2D eigenvalue weighted by molar-refractivity contribution is 4.95. The largest absolute Gasteiger partial charge is 0.390 e. The van der Waals surface area contributed by atoms with Gasteiger partial charge in [-0.1, -0.05) is 6.42 Å². The topological polar surface area (TPSA) is 40.5 Å². The van der Waals surface area contributed by atoms with Crippen molar-refractivity contribution in [2.24, 2.45) is 23.7 Å². The molecule has 0 aliphatic heterocycles. The standard InChI is InChI=1S/C13H22O2/c14-12-4-3-10(7-13(12)15)11-6-8-1-2-9(11)5-8/h8-15H,1-7H2/t8-,9+,10+,11+,12+,13-/m0/s1. The first-order chi connectivity index (χ1) is 7.24. The molecule has 0 aromatic rings. The second kappa shape index (κ2) is 3.74. The van der Waals surface area contributed by atoms with E-state index >= 15 is 0 Å². The summed E-state index contributed by atoms with van der Waals surface area (Å²) in [6, 6.07) is 0. The van der Waals surface area contributed by atoms with E-state index in [4.69, 9.17) is 0 Å². The minimum atomic E-state index is -0.445. The molecule has 86 valence electrons. The molecule has 15 heavy (non-hydrogen) atoms. The summed E-state index contributed by atoms with van der Waals surface area (Å²) >= 11 is 0. The van der Waals surface area contributed by atoms with E-state index in [9.17, 15) is 10.2 Å². The van der Waals surface area contributed by atoms with Crippen LogP contribution in [-0.2, 0) is 0 Å². The molecule has 0 aromatic carbocycles. The molecule has 0 heterocycles. The zero-order valence-electron chi connectivity index (χ0n) is 9.31. The molecule has 0 aromatic heterocycles. The van der Waals surface area contributed by atoms with E-state index < -0.39 is 12.2 Å². The zero-order valence-corrected chi connectivity index (χ0v) is 9.31. The van der Waals surface area contributed by atoms with Crippen molar-refractivity contribution in [1.29, 1.82) is 0 Å². The van der Waals surface area contributed by atoms with Crippen LogP contribution in [0.1, 0.15) is 44.9 Å². The molecule has 3 fully saturated rings. The van der Waals surface area contributed by atoms with E-state index in [0.29, 0.717) is 5.92 Å². The number of fused-ring (bicyclic) bond motifs is 2. The molecule has 2 heteroatoms. The van der Waals surface area contributed by atoms with Crippen LogP contribution in [0, 0.1) is 23.7 Å². The Kier molecular flexibility index (Phi) is 2.52. The van der Waals surface area contributed by atoms with E-state index in [-0.39, 0.29) is 0 Å². The summed E-state index contributed by atoms with van der Waals surface area (Å²) < 4.78 is 0. The zero-order chi connectivity index (χ0) is 10.4. The van der Waals surface area contributed by atoms with E-state index in [1.807, 2.05) is 0 Å². The van der Waals surface area contributed by atoms with Crippen molar-refractivity contribution in [2.45, 2.75) is 57.2 Å². The summed E-state index contributed by atoms with van der Waals surface area (Å²) in [5, 5.41) is 19.2. The predicted molar refractivity (Wildman–Crippen MR) is 58.3 cm³/mol. The van der Waals surface area contributed by atoms with Gasteiger partial charge in [0.05, 0.1) is 12.2 Å². The average Bonchev–Trinajstić information content (AvgIpc) is 2.83. The molecule has 0 radical (unpaired) electrons. The van der Waals surface area contributed by atoms with Gasteiger partial charge in [0.2, 0.25) is 0 Å². The maximum Gasteiger partial charge on any atom is 0.0801 e. The molecule has 2 nitrogen and oxygen atoms in total. The van der Waals surface area contributed by atoms with Crippen LogP contribution in [0.3, 0.4) is 0 Å². The number of aliphatic hydroxyl groups excluding tert-OH is 2. The first kappa shape index (κ1) is 10.1. The summed E-state index contributed by atoms with van der Waals surface area (Å²) in [6.45, 7) is 0. The minimum absolute atomic E-state index is 0.442. The van der Waals surface area contributed by atoms with Crippen molar-refractivity contribution in [2.75, 3.05) is 0 Å². The van der Waals surface area contributed by atoms with Crippen molar-refractivity contribution in [3.8, 4) is 0 Å². The number of hydrogen-bond donors (Lipinski definition) is 2. The molecular weight excluding hydrogens is 188 g/mol. The third-order valence-corrected chi connectivity index (χ3v) is 5.22. The van der Waals surface area contributed by atoms with Gasteiger partial charge in [-0.05, 0) is 62.2 Å². The van der Waals surface area contributed by atoms with Gasteiger partial charge in [-0.2, -0.15) is 0 Å². The van der Waals surface area contributed by atoms with Gasteiger partial charge in [0.25, 0.3) is 0 Å². The highest BCUT2D eigenvalue weighted by Crippen LogP contribution is 2.53. The molecule has 3 saturated carbocycles. The van der Waals surface area contributed by atoms with Crippen molar-refractivity contribution in [3.63, 3.8) is 0 Å². The molecule has 3 aliphatic carbocycles. The average molecular weight is 210 g/mol. The van der Waals surface area contributed by atoms with Crippen molar-refractivity contribution < 1.29 is 10.2 Å². The summed E-state index contributed by atoms with van der Waals surface area (Å²) in [7, 11) is 0. The van der Waals surface area contributed by atoms with Gasteiger partial charge in [-0.25, -0.2) is 0 Å². The van der Waals surface area contributed by atoms with Gasteiger partial charge in [0.1, 0.15) is 0 Å². The maximum atomic E-state index is 9.73. The third-order valence-electron chi connectivity index (χ3n) is 5.22. The number of hydrogen-bond acceptors (Lipinski definition) is 2. The van der Waals surface area contributed by atoms with Gasteiger partial charge in [-0.15, -0.1) is 0 Å². The fourth-order valence-corrected chi connectivity index (χ4v) is 4.42. The smallest absolute Gasteiger partial charge is 0.0801 e. The Morgan fingerprint density at radius 3 is 2.00 bits per heavy atom. The lowest BCUT2D eigenvalue weighted by Crippen LogP contribution is -2.37. The van der Waals surface area contributed by atoms with Crippen LogP contribution in [0.15, 0.2) is 0 Å². The van der Waals surface area contributed by atoms with Gasteiger partial charge < -0.3 is 10.2 Å². The third kappa shape index (κ3) is 1.72. The fourth-order valence-electron chi connectivity index (χ4n) is 4.42. The van der Waals surface area contributed by atoms with E-state index in [0.717, 1.165) is 37.0 Å². The monoisotopic (exact) mass is 210 g/mol. The van der Waals surface area contributed by atoms with Gasteiger partial charge >= 0.3 is 0 Å². The molecule has 0 spiro atoms. The van der Waals surface area contributed by atoms with Crippen LogP contribution in [0.5, 0.6) is 0 Å². The fraction of sp³-hybridized carbons (Fsp3) is 1.00. The number of aliphatic hydroxyl groups is 2. The molecule has 3 aliphatic rings. The summed E-state index contributed by atoms with van der Waals surface area (Å²) in [4.78, 5) is 0. The molecule has 0 unspecified atom stereocenters. The normalized spacial score (nSPS) is 54.8. The Morgan fingerprint density at radius 2 is 1.40 bits per heavy atom. The number of rotatable bonds is 1. The summed E-state index contributed by atoms with van der Waals surface area (Å²) in [5.74, 6) is 3.55. The molecule has 0 saturated heterocycles. The SMILES string of the molecule is O[C@@H]1CC[C@@H]([C@@H]2C[C@H]3CC[C@@H]2C3)C[C@@H]1O. The van der Waals surface area contributed by atoms with E-state index in [1.54, 1.807) is 0 Å².